The maximum Gasteiger partial charge on any atom is 0.183 e. The minimum atomic E-state index is -0.798. The lowest BCUT2D eigenvalue weighted by molar-refractivity contribution is -0.163. The van der Waals surface area contributed by atoms with Crippen LogP contribution in [-0.4, -0.2) is 36.8 Å². The fourth-order valence-electron chi connectivity index (χ4n) is 1.42. The van der Waals surface area contributed by atoms with Crippen LogP contribution in [0, 0.1) is 0 Å². The van der Waals surface area contributed by atoms with Crippen molar-refractivity contribution in [3.05, 3.63) is 29.8 Å². The molecule has 1 rings (SSSR count). The van der Waals surface area contributed by atoms with Gasteiger partial charge in [-0.3, -0.25) is 0 Å². The van der Waals surface area contributed by atoms with Crippen LogP contribution < -0.4 is 0 Å². The number of hydrogen-bond donors (Lipinski definition) is 2. The van der Waals surface area contributed by atoms with E-state index in [2.05, 4.69) is 0 Å². The highest BCUT2D eigenvalue weighted by molar-refractivity contribution is 5.32. The highest BCUT2D eigenvalue weighted by Gasteiger charge is 2.19. The van der Waals surface area contributed by atoms with Gasteiger partial charge in [0.15, 0.2) is 6.29 Å². The average molecular weight is 212 g/mol. The summed E-state index contributed by atoms with van der Waals surface area (Å²) in [6.45, 7) is 0. The standard InChI is InChI=1S/C11H16O4/c1-14-11(15-2)10(13)7-8-5-3-4-6-9(8)12/h3-6,10-13H,7H2,1-2H3. The molecule has 0 amide bonds. The summed E-state index contributed by atoms with van der Waals surface area (Å²) in [5.41, 5.74) is 0.670. The van der Waals surface area contributed by atoms with E-state index in [0.717, 1.165) is 0 Å². The van der Waals surface area contributed by atoms with Gasteiger partial charge in [-0.1, -0.05) is 18.2 Å². The van der Waals surface area contributed by atoms with Crippen molar-refractivity contribution in [1.82, 2.24) is 0 Å². The molecule has 0 saturated carbocycles. The van der Waals surface area contributed by atoms with Crippen molar-refractivity contribution in [3.63, 3.8) is 0 Å². The number of rotatable bonds is 5. The van der Waals surface area contributed by atoms with Crippen molar-refractivity contribution in [2.45, 2.75) is 18.8 Å². The molecule has 0 radical (unpaired) electrons. The highest BCUT2D eigenvalue weighted by atomic mass is 16.7. The highest BCUT2D eigenvalue weighted by Crippen LogP contribution is 2.18. The summed E-state index contributed by atoms with van der Waals surface area (Å²) in [6.07, 6.45) is -1.18. The molecule has 0 aliphatic carbocycles. The molecule has 4 nitrogen and oxygen atoms in total. The summed E-state index contributed by atoms with van der Waals surface area (Å²) in [5.74, 6) is 0.169. The largest absolute Gasteiger partial charge is 0.508 e. The van der Waals surface area contributed by atoms with Gasteiger partial charge in [0.05, 0.1) is 0 Å². The van der Waals surface area contributed by atoms with Crippen molar-refractivity contribution < 1.29 is 19.7 Å². The minimum Gasteiger partial charge on any atom is -0.508 e. The Labute approximate surface area is 89.1 Å². The lowest BCUT2D eigenvalue weighted by Crippen LogP contribution is -2.31. The number of phenols is 1. The fraction of sp³-hybridized carbons (Fsp3) is 0.455. The summed E-state index contributed by atoms with van der Waals surface area (Å²) in [6, 6.07) is 6.86. The number of methoxy groups -OCH3 is 2. The number of benzene rings is 1. The molecule has 0 aliphatic heterocycles. The van der Waals surface area contributed by atoms with Crippen molar-refractivity contribution in [2.24, 2.45) is 0 Å². The quantitative estimate of drug-likeness (QED) is 0.712. The van der Waals surface area contributed by atoms with E-state index in [-0.39, 0.29) is 5.75 Å². The van der Waals surface area contributed by atoms with Crippen molar-refractivity contribution in [3.8, 4) is 5.75 Å². The number of hydrogen-bond acceptors (Lipinski definition) is 4. The number of aliphatic hydroxyl groups excluding tert-OH is 1. The van der Waals surface area contributed by atoms with Crippen molar-refractivity contribution >= 4 is 0 Å². The van der Waals surface area contributed by atoms with Crippen LogP contribution in [0.4, 0.5) is 0 Å². The molecule has 0 aliphatic rings. The Morgan fingerprint density at radius 1 is 1.20 bits per heavy atom. The average Bonchev–Trinajstić information content (AvgIpc) is 2.23. The first-order valence-electron chi connectivity index (χ1n) is 4.69. The predicted molar refractivity (Wildman–Crippen MR) is 55.6 cm³/mol. The molecule has 84 valence electrons. The molecular formula is C11H16O4. The fourth-order valence-corrected chi connectivity index (χ4v) is 1.42. The predicted octanol–water partition coefficient (Wildman–Crippen LogP) is 0.914. The van der Waals surface area contributed by atoms with Crippen molar-refractivity contribution in [2.75, 3.05) is 14.2 Å². The van der Waals surface area contributed by atoms with Gasteiger partial charge in [0.2, 0.25) is 0 Å². The molecule has 0 aromatic heterocycles. The third-order valence-corrected chi connectivity index (χ3v) is 2.20. The second-order valence-electron chi connectivity index (χ2n) is 3.24. The molecule has 4 heteroatoms. The van der Waals surface area contributed by atoms with E-state index < -0.39 is 12.4 Å². The van der Waals surface area contributed by atoms with Gasteiger partial charge >= 0.3 is 0 Å². The van der Waals surface area contributed by atoms with E-state index in [1.807, 2.05) is 0 Å². The number of aliphatic hydroxyl groups is 1. The molecule has 1 aromatic rings. The molecule has 0 spiro atoms. The topological polar surface area (TPSA) is 58.9 Å². The second kappa shape index (κ2) is 5.70. The summed E-state index contributed by atoms with van der Waals surface area (Å²) >= 11 is 0. The van der Waals surface area contributed by atoms with Crippen LogP contribution in [0.3, 0.4) is 0 Å². The smallest absolute Gasteiger partial charge is 0.183 e. The van der Waals surface area contributed by atoms with E-state index in [9.17, 15) is 10.2 Å². The van der Waals surface area contributed by atoms with Gasteiger partial charge in [0.1, 0.15) is 11.9 Å². The lowest BCUT2D eigenvalue weighted by atomic mass is 10.1. The van der Waals surface area contributed by atoms with Gasteiger partial charge in [-0.2, -0.15) is 0 Å². The molecule has 1 aromatic carbocycles. The normalized spacial score (nSPS) is 13.1. The van der Waals surface area contributed by atoms with Crippen LogP contribution in [0.15, 0.2) is 24.3 Å². The molecule has 1 atom stereocenters. The maximum atomic E-state index is 9.73. The van der Waals surface area contributed by atoms with Crippen LogP contribution in [0.2, 0.25) is 0 Å². The number of aromatic hydroxyl groups is 1. The minimum absolute atomic E-state index is 0.169. The molecule has 1 unspecified atom stereocenters. The number of para-hydroxylation sites is 1. The van der Waals surface area contributed by atoms with E-state index >= 15 is 0 Å². The first-order valence-corrected chi connectivity index (χ1v) is 4.69. The van der Waals surface area contributed by atoms with Crippen LogP contribution in [0.1, 0.15) is 5.56 Å². The molecule has 0 saturated heterocycles. The van der Waals surface area contributed by atoms with E-state index in [0.29, 0.717) is 12.0 Å². The first kappa shape index (κ1) is 12.0. The summed E-state index contributed by atoms with van der Waals surface area (Å²) in [4.78, 5) is 0. The van der Waals surface area contributed by atoms with Crippen molar-refractivity contribution in [1.29, 1.82) is 0 Å². The lowest BCUT2D eigenvalue weighted by Gasteiger charge is -2.20. The zero-order valence-electron chi connectivity index (χ0n) is 8.88. The Balaban J connectivity index is 2.65. The Kier molecular flexibility index (Phi) is 4.55. The summed E-state index contributed by atoms with van der Waals surface area (Å²) in [5, 5.41) is 19.2. The SMILES string of the molecule is COC(OC)C(O)Cc1ccccc1O. The molecule has 0 fully saturated rings. The molecule has 0 heterocycles. The molecule has 15 heavy (non-hydrogen) atoms. The molecular weight excluding hydrogens is 196 g/mol. The van der Waals surface area contributed by atoms with E-state index in [4.69, 9.17) is 9.47 Å². The zero-order valence-corrected chi connectivity index (χ0v) is 8.88. The third kappa shape index (κ3) is 3.20. The first-order chi connectivity index (χ1) is 7.19. The van der Waals surface area contributed by atoms with Gasteiger partial charge in [-0.05, 0) is 11.6 Å². The Morgan fingerprint density at radius 2 is 1.80 bits per heavy atom. The van der Waals surface area contributed by atoms with Crippen LogP contribution >= 0.6 is 0 Å². The Morgan fingerprint density at radius 3 is 2.33 bits per heavy atom. The van der Waals surface area contributed by atoms with Gasteiger partial charge in [0, 0.05) is 20.6 Å². The maximum absolute atomic E-state index is 9.73. The van der Waals surface area contributed by atoms with Gasteiger partial charge in [-0.25, -0.2) is 0 Å². The van der Waals surface area contributed by atoms with E-state index in [1.165, 1.54) is 14.2 Å². The monoisotopic (exact) mass is 212 g/mol. The summed E-state index contributed by atoms with van der Waals surface area (Å²) in [7, 11) is 2.92. The Bertz CT molecular complexity index is 296. The number of ether oxygens (including phenoxy) is 2. The van der Waals surface area contributed by atoms with Crippen LogP contribution in [0.25, 0.3) is 0 Å². The molecule has 2 N–H and O–H groups in total. The van der Waals surface area contributed by atoms with Crippen LogP contribution in [-0.2, 0) is 15.9 Å². The zero-order chi connectivity index (χ0) is 11.3. The molecule has 0 bridgehead atoms. The summed E-state index contributed by atoms with van der Waals surface area (Å²) < 4.78 is 9.84. The Hall–Kier alpha value is -1.10. The van der Waals surface area contributed by atoms with Crippen LogP contribution in [0.5, 0.6) is 5.75 Å². The third-order valence-electron chi connectivity index (χ3n) is 2.20. The van der Waals surface area contributed by atoms with Gasteiger partial charge < -0.3 is 19.7 Å². The second-order valence-corrected chi connectivity index (χ2v) is 3.24. The van der Waals surface area contributed by atoms with Gasteiger partial charge in [0.25, 0.3) is 0 Å². The number of phenolic OH excluding ortho intramolecular Hbond substituents is 1. The van der Waals surface area contributed by atoms with E-state index in [1.54, 1.807) is 24.3 Å². The van der Waals surface area contributed by atoms with Gasteiger partial charge in [-0.15, -0.1) is 0 Å².